The Morgan fingerprint density at radius 2 is 1.58 bits per heavy atom. The number of piperidine rings is 1. The van der Waals surface area contributed by atoms with Crippen molar-refractivity contribution in [3.05, 3.63) is 95.6 Å². The van der Waals surface area contributed by atoms with Gasteiger partial charge in [0.1, 0.15) is 5.75 Å². The topological polar surface area (TPSA) is 63.7 Å². The fourth-order valence-corrected chi connectivity index (χ4v) is 5.36. The Hall–Kier alpha value is -3.10. The summed E-state index contributed by atoms with van der Waals surface area (Å²) in [5, 5.41) is 0. The second-order valence-corrected chi connectivity index (χ2v) is 9.88. The minimum atomic E-state index is -3.98. The number of hydrogen-bond acceptors (Lipinski definition) is 4. The highest BCUT2D eigenvalue weighted by molar-refractivity contribution is 7.89. The zero-order valence-corrected chi connectivity index (χ0v) is 18.6. The maximum atomic E-state index is 13.5. The van der Waals surface area contributed by atoms with Crippen molar-refractivity contribution in [1.82, 2.24) is 4.31 Å². The van der Waals surface area contributed by atoms with Gasteiger partial charge in [0.05, 0.1) is 10.8 Å². The fraction of sp³-hybridized carbons (Fsp3) is 0.240. The lowest BCUT2D eigenvalue weighted by molar-refractivity contribution is -0.140. The standard InChI is InChI=1S/C25H23F2NO4S/c26-22-11-10-21(17-23(22)27)33(30,31)28-14-12-19(13-15-28)25(29)32-24-9-5-4-8-20(24)16-18-6-2-1-3-7-18/h1-11,17,19H,12-16H2. The lowest BCUT2D eigenvalue weighted by Gasteiger charge is -2.30. The van der Waals surface area contributed by atoms with Gasteiger partial charge in [0, 0.05) is 19.5 Å². The smallest absolute Gasteiger partial charge is 0.314 e. The molecular formula is C25H23F2NO4S. The number of esters is 1. The average molecular weight is 472 g/mol. The van der Waals surface area contributed by atoms with Crippen LogP contribution >= 0.6 is 0 Å². The van der Waals surface area contributed by atoms with Crippen molar-refractivity contribution in [2.24, 2.45) is 5.92 Å². The molecule has 1 fully saturated rings. The highest BCUT2D eigenvalue weighted by atomic mass is 32.2. The van der Waals surface area contributed by atoms with Gasteiger partial charge in [-0.3, -0.25) is 4.79 Å². The Morgan fingerprint density at radius 3 is 2.27 bits per heavy atom. The van der Waals surface area contributed by atoms with Crippen LogP contribution in [0.5, 0.6) is 5.75 Å². The van der Waals surface area contributed by atoms with Gasteiger partial charge >= 0.3 is 5.97 Å². The number of rotatable bonds is 6. The summed E-state index contributed by atoms with van der Waals surface area (Å²) in [5.41, 5.74) is 1.98. The van der Waals surface area contributed by atoms with Gasteiger partial charge in [0.25, 0.3) is 0 Å². The Morgan fingerprint density at radius 1 is 0.909 bits per heavy atom. The number of carbonyl (C=O) groups is 1. The molecule has 1 aliphatic rings. The molecule has 4 rings (SSSR count). The highest BCUT2D eigenvalue weighted by Gasteiger charge is 2.33. The quantitative estimate of drug-likeness (QED) is 0.391. The normalized spacial score (nSPS) is 15.3. The summed E-state index contributed by atoms with van der Waals surface area (Å²) < 4.78 is 59.1. The molecule has 3 aromatic rings. The number of ether oxygens (including phenoxy) is 1. The van der Waals surface area contributed by atoms with E-state index in [2.05, 4.69) is 0 Å². The number of hydrogen-bond donors (Lipinski definition) is 0. The van der Waals surface area contributed by atoms with E-state index in [1.54, 1.807) is 12.1 Å². The number of nitrogens with zero attached hydrogens (tertiary/aromatic N) is 1. The van der Waals surface area contributed by atoms with E-state index in [1.165, 1.54) is 4.31 Å². The van der Waals surface area contributed by atoms with Crippen LogP contribution in [0.15, 0.2) is 77.7 Å². The van der Waals surface area contributed by atoms with E-state index < -0.39 is 33.5 Å². The molecule has 0 saturated carbocycles. The fourth-order valence-electron chi connectivity index (χ4n) is 3.88. The van der Waals surface area contributed by atoms with Crippen LogP contribution in [0.25, 0.3) is 0 Å². The largest absolute Gasteiger partial charge is 0.426 e. The van der Waals surface area contributed by atoms with Gasteiger partial charge in [0.15, 0.2) is 11.6 Å². The lowest BCUT2D eigenvalue weighted by atomic mass is 9.98. The summed E-state index contributed by atoms with van der Waals surface area (Å²) >= 11 is 0. The molecule has 172 valence electrons. The first-order valence-corrected chi connectivity index (χ1v) is 12.1. The van der Waals surface area contributed by atoms with E-state index in [1.807, 2.05) is 42.5 Å². The van der Waals surface area contributed by atoms with Crippen molar-refractivity contribution in [3.8, 4) is 5.75 Å². The first kappa shape index (κ1) is 23.1. The Bertz CT molecular complexity index is 1240. The van der Waals surface area contributed by atoms with Crippen molar-refractivity contribution in [1.29, 1.82) is 0 Å². The minimum Gasteiger partial charge on any atom is -0.426 e. The molecule has 33 heavy (non-hydrogen) atoms. The number of para-hydroxylation sites is 1. The minimum absolute atomic E-state index is 0.0900. The first-order valence-electron chi connectivity index (χ1n) is 10.6. The van der Waals surface area contributed by atoms with E-state index >= 15 is 0 Å². The Balaban J connectivity index is 1.40. The molecule has 0 N–H and O–H groups in total. The molecule has 0 bridgehead atoms. The van der Waals surface area contributed by atoms with Crippen LogP contribution in [0.4, 0.5) is 8.78 Å². The van der Waals surface area contributed by atoms with Gasteiger partial charge in [-0.25, -0.2) is 17.2 Å². The second kappa shape index (κ2) is 9.80. The zero-order valence-electron chi connectivity index (χ0n) is 17.8. The summed E-state index contributed by atoms with van der Waals surface area (Å²) in [7, 11) is -3.98. The average Bonchev–Trinajstić information content (AvgIpc) is 2.83. The number of sulfonamides is 1. The van der Waals surface area contributed by atoms with Gasteiger partial charge in [-0.1, -0.05) is 48.5 Å². The molecule has 5 nitrogen and oxygen atoms in total. The van der Waals surface area contributed by atoms with E-state index in [0.717, 1.165) is 23.3 Å². The molecule has 0 radical (unpaired) electrons. The van der Waals surface area contributed by atoms with Crippen molar-refractivity contribution in [2.45, 2.75) is 24.2 Å². The third-order valence-electron chi connectivity index (χ3n) is 5.74. The van der Waals surface area contributed by atoms with Crippen molar-refractivity contribution in [2.75, 3.05) is 13.1 Å². The SMILES string of the molecule is O=C(Oc1ccccc1Cc1ccccc1)C1CCN(S(=O)(=O)c2ccc(F)c(F)c2)CC1. The molecule has 0 spiro atoms. The Kier molecular flexibility index (Phi) is 6.85. The van der Waals surface area contributed by atoms with Crippen molar-refractivity contribution >= 4 is 16.0 Å². The van der Waals surface area contributed by atoms with Crippen LogP contribution in [0.2, 0.25) is 0 Å². The van der Waals surface area contributed by atoms with Gasteiger partial charge < -0.3 is 4.74 Å². The van der Waals surface area contributed by atoms with Crippen LogP contribution < -0.4 is 4.74 Å². The predicted molar refractivity (Wildman–Crippen MR) is 119 cm³/mol. The highest BCUT2D eigenvalue weighted by Crippen LogP contribution is 2.28. The van der Waals surface area contributed by atoms with Crippen LogP contribution in [-0.4, -0.2) is 31.8 Å². The number of benzene rings is 3. The summed E-state index contributed by atoms with van der Waals surface area (Å²) in [6, 6.07) is 19.7. The van der Waals surface area contributed by atoms with Gasteiger partial charge in [-0.2, -0.15) is 4.31 Å². The third kappa shape index (κ3) is 5.29. The monoisotopic (exact) mass is 471 g/mol. The van der Waals surface area contributed by atoms with Crippen molar-refractivity contribution in [3.63, 3.8) is 0 Å². The van der Waals surface area contributed by atoms with Crippen molar-refractivity contribution < 1.29 is 26.7 Å². The summed E-state index contributed by atoms with van der Waals surface area (Å²) in [4.78, 5) is 12.5. The van der Waals surface area contributed by atoms with E-state index in [0.29, 0.717) is 18.2 Å². The molecule has 0 amide bonds. The Labute approximate surface area is 191 Å². The lowest BCUT2D eigenvalue weighted by Crippen LogP contribution is -2.41. The molecule has 1 aliphatic heterocycles. The summed E-state index contributed by atoms with van der Waals surface area (Å²) in [6.07, 6.45) is 1.18. The molecule has 1 saturated heterocycles. The molecule has 8 heteroatoms. The number of carbonyl (C=O) groups excluding carboxylic acids is 1. The van der Waals surface area contributed by atoms with Crippen LogP contribution in [-0.2, 0) is 21.2 Å². The zero-order chi connectivity index (χ0) is 23.4. The van der Waals surface area contributed by atoms with E-state index in [-0.39, 0.29) is 30.8 Å². The molecule has 0 unspecified atom stereocenters. The maximum Gasteiger partial charge on any atom is 0.314 e. The van der Waals surface area contributed by atoms with Gasteiger partial charge in [0.2, 0.25) is 10.0 Å². The summed E-state index contributed by atoms with van der Waals surface area (Å²) in [6.45, 7) is 0.180. The van der Waals surface area contributed by atoms with E-state index in [9.17, 15) is 22.0 Å². The molecule has 1 heterocycles. The van der Waals surface area contributed by atoms with E-state index in [4.69, 9.17) is 4.74 Å². The molecule has 0 atom stereocenters. The molecule has 0 aromatic heterocycles. The van der Waals surface area contributed by atoms with Crippen LogP contribution in [0.1, 0.15) is 24.0 Å². The third-order valence-corrected chi connectivity index (χ3v) is 7.63. The molecule has 0 aliphatic carbocycles. The molecule has 3 aromatic carbocycles. The number of halogens is 2. The summed E-state index contributed by atoms with van der Waals surface area (Å²) in [5.74, 6) is -2.69. The molecular weight excluding hydrogens is 448 g/mol. The van der Waals surface area contributed by atoms with Gasteiger partial charge in [-0.15, -0.1) is 0 Å². The first-order chi connectivity index (χ1) is 15.8. The maximum absolute atomic E-state index is 13.5. The van der Waals surface area contributed by atoms with Gasteiger partial charge in [-0.05, 0) is 48.2 Å². The van der Waals surface area contributed by atoms with Crippen LogP contribution in [0.3, 0.4) is 0 Å². The second-order valence-electron chi connectivity index (χ2n) is 7.95. The predicted octanol–water partition coefficient (Wildman–Crippen LogP) is 4.56. The van der Waals surface area contributed by atoms with Crippen LogP contribution in [0, 0.1) is 17.6 Å².